The molecule has 4 nitrogen and oxygen atoms in total. The lowest BCUT2D eigenvalue weighted by atomic mass is 9.92. The molecule has 1 aromatic heterocycles. The van der Waals surface area contributed by atoms with Crippen LogP contribution in [0.25, 0.3) is 0 Å². The first-order valence-electron chi connectivity index (χ1n) is 7.90. The molecular weight excluding hydrogens is 310 g/mol. The van der Waals surface area contributed by atoms with Gasteiger partial charge in [-0.25, -0.2) is 0 Å². The van der Waals surface area contributed by atoms with E-state index in [2.05, 4.69) is 5.16 Å². The zero-order valence-electron chi connectivity index (χ0n) is 15.6. The van der Waals surface area contributed by atoms with Crippen LogP contribution in [0, 0.1) is 5.41 Å². The molecule has 0 aliphatic rings. The van der Waals surface area contributed by atoms with Crippen LogP contribution in [0.5, 0.6) is 0 Å². The molecule has 0 fully saturated rings. The Bertz CT molecular complexity index is 574. The molecule has 0 amide bonds. The molecule has 0 saturated heterocycles. The normalized spacial score (nSPS) is 13.2. The van der Waals surface area contributed by atoms with E-state index in [9.17, 15) is 9.59 Å². The molecule has 1 aromatic rings. The fourth-order valence-corrected chi connectivity index (χ4v) is 2.83. The predicted molar refractivity (Wildman–Crippen MR) is 94.9 cm³/mol. The Morgan fingerprint density at radius 1 is 1.04 bits per heavy atom. The molecule has 130 valence electrons. The highest BCUT2D eigenvalue weighted by Gasteiger charge is 2.32. The molecule has 0 bridgehead atoms. The molecule has 0 saturated carbocycles. The summed E-state index contributed by atoms with van der Waals surface area (Å²) >= 11 is 1.40. The quantitative estimate of drug-likeness (QED) is 0.777. The van der Waals surface area contributed by atoms with Crippen molar-refractivity contribution in [1.82, 2.24) is 5.16 Å². The summed E-state index contributed by atoms with van der Waals surface area (Å²) in [6, 6.07) is 1.85. The molecule has 1 rings (SSSR count). The van der Waals surface area contributed by atoms with Crippen molar-refractivity contribution in [2.75, 3.05) is 5.75 Å². The average molecular weight is 340 g/mol. The van der Waals surface area contributed by atoms with Crippen molar-refractivity contribution in [2.45, 2.75) is 72.0 Å². The third-order valence-electron chi connectivity index (χ3n) is 3.71. The third kappa shape index (κ3) is 5.79. The van der Waals surface area contributed by atoms with Crippen molar-refractivity contribution < 1.29 is 14.1 Å². The number of Topliss-reactive ketones (excluding diaryl/α,β-unsaturated/α-hetero) is 2. The van der Waals surface area contributed by atoms with E-state index in [-0.39, 0.29) is 28.8 Å². The van der Waals surface area contributed by atoms with Gasteiger partial charge in [0.2, 0.25) is 0 Å². The van der Waals surface area contributed by atoms with Gasteiger partial charge in [0, 0.05) is 16.9 Å². The van der Waals surface area contributed by atoms with Crippen molar-refractivity contribution in [3.8, 4) is 0 Å². The minimum atomic E-state index is -0.623. The minimum absolute atomic E-state index is 0.0537. The SMILES string of the molecule is CC(C)(C)C(=O)CSC(C)(C)C(=O)Cc1cc(C(C)(C)C)on1. The van der Waals surface area contributed by atoms with Crippen molar-refractivity contribution in [2.24, 2.45) is 5.41 Å². The van der Waals surface area contributed by atoms with E-state index in [1.54, 1.807) is 0 Å². The Kier molecular flexibility index (Phi) is 5.89. The van der Waals surface area contributed by atoms with Crippen LogP contribution in [0.1, 0.15) is 66.8 Å². The second-order valence-corrected chi connectivity index (χ2v) is 10.1. The number of hydrogen-bond acceptors (Lipinski definition) is 5. The van der Waals surface area contributed by atoms with Crippen LogP contribution >= 0.6 is 11.8 Å². The van der Waals surface area contributed by atoms with Gasteiger partial charge in [0.25, 0.3) is 0 Å². The largest absolute Gasteiger partial charge is 0.361 e. The van der Waals surface area contributed by atoms with Crippen LogP contribution < -0.4 is 0 Å². The lowest BCUT2D eigenvalue weighted by Crippen LogP contribution is -2.32. The highest BCUT2D eigenvalue weighted by molar-refractivity contribution is 8.02. The van der Waals surface area contributed by atoms with Crippen LogP contribution in [-0.2, 0) is 21.4 Å². The van der Waals surface area contributed by atoms with E-state index in [0.717, 1.165) is 5.76 Å². The molecule has 0 atom stereocenters. The van der Waals surface area contributed by atoms with Crippen molar-refractivity contribution in [1.29, 1.82) is 0 Å². The Balaban J connectivity index is 2.69. The van der Waals surface area contributed by atoms with E-state index in [1.165, 1.54) is 11.8 Å². The first-order chi connectivity index (χ1) is 10.2. The Hall–Kier alpha value is -1.10. The van der Waals surface area contributed by atoms with Crippen LogP contribution in [0.2, 0.25) is 0 Å². The maximum atomic E-state index is 12.5. The van der Waals surface area contributed by atoms with Gasteiger partial charge < -0.3 is 4.52 Å². The van der Waals surface area contributed by atoms with Gasteiger partial charge in [0.05, 0.1) is 22.6 Å². The van der Waals surface area contributed by atoms with E-state index < -0.39 is 4.75 Å². The van der Waals surface area contributed by atoms with Gasteiger partial charge >= 0.3 is 0 Å². The smallest absolute Gasteiger partial charge is 0.154 e. The van der Waals surface area contributed by atoms with Crippen molar-refractivity contribution in [3.63, 3.8) is 0 Å². The van der Waals surface area contributed by atoms with Gasteiger partial charge in [-0.15, -0.1) is 11.8 Å². The van der Waals surface area contributed by atoms with E-state index in [4.69, 9.17) is 4.52 Å². The van der Waals surface area contributed by atoms with Crippen molar-refractivity contribution in [3.05, 3.63) is 17.5 Å². The molecule has 0 radical (unpaired) electrons. The standard InChI is InChI=1S/C18H29NO3S/c1-16(2,3)14(21)11-23-18(7,8)13(20)9-12-10-15(22-19-12)17(4,5)6/h10H,9,11H2,1-8H3. The molecule has 0 spiro atoms. The molecule has 0 unspecified atom stereocenters. The predicted octanol–water partition coefficient (Wildman–Crippen LogP) is 4.21. The molecule has 0 aromatic carbocycles. The van der Waals surface area contributed by atoms with Gasteiger partial charge in [0.15, 0.2) is 5.78 Å². The first kappa shape index (κ1) is 19.9. The van der Waals surface area contributed by atoms with E-state index >= 15 is 0 Å². The van der Waals surface area contributed by atoms with Crippen LogP contribution in [0.3, 0.4) is 0 Å². The third-order valence-corrected chi connectivity index (χ3v) is 5.07. The average Bonchev–Trinajstić information content (AvgIpc) is 2.83. The Morgan fingerprint density at radius 2 is 1.61 bits per heavy atom. The van der Waals surface area contributed by atoms with Gasteiger partial charge in [-0.2, -0.15) is 0 Å². The summed E-state index contributed by atoms with van der Waals surface area (Å²) < 4.78 is 4.70. The minimum Gasteiger partial charge on any atom is -0.361 e. The number of thioether (sulfide) groups is 1. The fourth-order valence-electron chi connectivity index (χ4n) is 1.67. The number of ketones is 2. The lowest BCUT2D eigenvalue weighted by molar-refractivity contribution is -0.123. The molecule has 0 N–H and O–H groups in total. The van der Waals surface area contributed by atoms with Crippen molar-refractivity contribution >= 4 is 23.3 Å². The molecular formula is C18H29NO3S. The van der Waals surface area contributed by atoms with Gasteiger partial charge in [0.1, 0.15) is 11.5 Å². The van der Waals surface area contributed by atoms with Gasteiger partial charge in [-0.1, -0.05) is 46.7 Å². The van der Waals surface area contributed by atoms with E-state index in [1.807, 2.05) is 61.5 Å². The first-order valence-corrected chi connectivity index (χ1v) is 8.88. The van der Waals surface area contributed by atoms with Crippen LogP contribution in [0.4, 0.5) is 0 Å². The number of aromatic nitrogens is 1. The highest BCUT2D eigenvalue weighted by Crippen LogP contribution is 2.30. The monoisotopic (exact) mass is 339 g/mol. The summed E-state index contributed by atoms with van der Waals surface area (Å²) in [4.78, 5) is 24.6. The summed E-state index contributed by atoms with van der Waals surface area (Å²) in [5.74, 6) is 1.32. The fraction of sp³-hybridized carbons (Fsp3) is 0.722. The molecule has 23 heavy (non-hydrogen) atoms. The summed E-state index contributed by atoms with van der Waals surface area (Å²) in [5, 5.41) is 4.00. The molecule has 0 aliphatic heterocycles. The van der Waals surface area contributed by atoms with Crippen LogP contribution in [-0.4, -0.2) is 27.2 Å². The Labute approximate surface area is 143 Å². The second-order valence-electron chi connectivity index (χ2n) is 8.50. The van der Waals surface area contributed by atoms with Gasteiger partial charge in [-0.05, 0) is 13.8 Å². The molecule has 5 heteroatoms. The summed E-state index contributed by atoms with van der Waals surface area (Å²) in [5.41, 5.74) is 0.146. The number of carbonyl (C=O) groups excluding carboxylic acids is 2. The summed E-state index contributed by atoms with van der Waals surface area (Å²) in [6.07, 6.45) is 0.225. The topological polar surface area (TPSA) is 60.2 Å². The maximum absolute atomic E-state index is 12.5. The molecule has 1 heterocycles. The maximum Gasteiger partial charge on any atom is 0.154 e. The van der Waals surface area contributed by atoms with E-state index in [0.29, 0.717) is 11.4 Å². The highest BCUT2D eigenvalue weighted by atomic mass is 32.2. The number of hydrogen-bond donors (Lipinski definition) is 0. The number of rotatable bonds is 6. The van der Waals surface area contributed by atoms with Gasteiger partial charge in [-0.3, -0.25) is 9.59 Å². The zero-order valence-corrected chi connectivity index (χ0v) is 16.4. The lowest BCUT2D eigenvalue weighted by Gasteiger charge is -2.24. The second kappa shape index (κ2) is 6.80. The number of nitrogens with zero attached hydrogens (tertiary/aromatic N) is 1. The Morgan fingerprint density at radius 3 is 2.04 bits per heavy atom. The zero-order chi connectivity index (χ0) is 18.1. The number of carbonyl (C=O) groups is 2. The van der Waals surface area contributed by atoms with Crippen LogP contribution in [0.15, 0.2) is 10.6 Å². The molecule has 0 aliphatic carbocycles. The summed E-state index contributed by atoms with van der Waals surface area (Å²) in [6.45, 7) is 15.5. The summed E-state index contributed by atoms with van der Waals surface area (Å²) in [7, 11) is 0.